The van der Waals surface area contributed by atoms with Crippen LogP contribution >= 0.6 is 15.9 Å². The van der Waals surface area contributed by atoms with E-state index < -0.39 is 6.09 Å². The van der Waals surface area contributed by atoms with Gasteiger partial charge in [0.05, 0.1) is 5.69 Å². The minimum absolute atomic E-state index is 0.297. The number of carbonyl (C=O) groups is 1. The van der Waals surface area contributed by atoms with Crippen molar-refractivity contribution in [3.63, 3.8) is 0 Å². The third kappa shape index (κ3) is 1.27. The maximum atomic E-state index is 10.7. The number of nitrogens with zero attached hydrogens (tertiary/aromatic N) is 3. The number of carboxylic acid groups (broad SMARTS) is 1. The number of pyridine rings is 1. The second-order valence-electron chi connectivity index (χ2n) is 2.79. The van der Waals surface area contributed by atoms with Crippen molar-refractivity contribution in [3.05, 3.63) is 22.4 Å². The van der Waals surface area contributed by atoms with Gasteiger partial charge in [-0.15, -0.1) is 0 Å². The van der Waals surface area contributed by atoms with Crippen molar-refractivity contribution < 1.29 is 9.90 Å². The molecule has 14 heavy (non-hydrogen) atoms. The van der Waals surface area contributed by atoms with E-state index in [-0.39, 0.29) is 0 Å². The van der Waals surface area contributed by atoms with Crippen LogP contribution in [0.1, 0.15) is 5.69 Å². The molecule has 0 aromatic carbocycles. The van der Waals surface area contributed by atoms with Gasteiger partial charge < -0.3 is 9.90 Å². The van der Waals surface area contributed by atoms with Gasteiger partial charge in [0.25, 0.3) is 0 Å². The number of aromatic nitrogens is 3. The zero-order valence-electron chi connectivity index (χ0n) is 7.19. The van der Waals surface area contributed by atoms with Crippen LogP contribution in [0.25, 0.3) is 11.0 Å². The molecule has 0 bridgehead atoms. The van der Waals surface area contributed by atoms with Gasteiger partial charge >= 0.3 is 0 Å². The summed E-state index contributed by atoms with van der Waals surface area (Å²) < 4.78 is 1.54. The Labute approximate surface area is 87.5 Å². The highest BCUT2D eigenvalue weighted by Gasteiger charge is 2.08. The van der Waals surface area contributed by atoms with Gasteiger partial charge in [0, 0.05) is 16.1 Å². The molecule has 0 aliphatic heterocycles. The van der Waals surface area contributed by atoms with Gasteiger partial charge in [-0.05, 0) is 28.9 Å². The molecule has 0 atom stereocenters. The fourth-order valence-electron chi connectivity index (χ4n) is 1.25. The molecule has 0 unspecified atom stereocenters. The lowest BCUT2D eigenvalue weighted by atomic mass is 10.3. The van der Waals surface area contributed by atoms with Crippen LogP contribution in [0.4, 0.5) is 4.79 Å². The number of carbonyl (C=O) groups excluding carboxylic acids is 1. The molecule has 0 saturated heterocycles. The van der Waals surface area contributed by atoms with Crippen LogP contribution < -0.4 is 5.11 Å². The maximum absolute atomic E-state index is 10.7. The monoisotopic (exact) mass is 254 g/mol. The highest BCUT2D eigenvalue weighted by atomic mass is 79.9. The minimum atomic E-state index is -1.38. The molecule has 0 aliphatic rings. The molecule has 0 aliphatic carbocycles. The van der Waals surface area contributed by atoms with Crippen molar-refractivity contribution in [2.75, 3.05) is 0 Å². The van der Waals surface area contributed by atoms with Gasteiger partial charge in [-0.25, -0.2) is 4.98 Å². The predicted molar refractivity (Wildman–Crippen MR) is 50.8 cm³/mol. The first-order valence-corrected chi connectivity index (χ1v) is 4.61. The Balaban J connectivity index is 2.84. The Morgan fingerprint density at radius 1 is 1.64 bits per heavy atom. The topological polar surface area (TPSA) is 70.8 Å². The SMILES string of the molecule is Cc1nn(C(=O)[O-])c2ncc(Br)cc12. The van der Waals surface area contributed by atoms with Crippen molar-refractivity contribution >= 4 is 33.1 Å². The second-order valence-corrected chi connectivity index (χ2v) is 3.70. The van der Waals surface area contributed by atoms with Crippen LogP contribution in [-0.4, -0.2) is 20.9 Å². The van der Waals surface area contributed by atoms with Gasteiger partial charge in [0.1, 0.15) is 0 Å². The normalized spacial score (nSPS) is 10.7. The van der Waals surface area contributed by atoms with Crippen molar-refractivity contribution in [2.24, 2.45) is 0 Å². The van der Waals surface area contributed by atoms with E-state index >= 15 is 0 Å². The Kier molecular flexibility index (Phi) is 1.99. The van der Waals surface area contributed by atoms with Gasteiger partial charge in [0.15, 0.2) is 11.7 Å². The first-order valence-electron chi connectivity index (χ1n) is 3.82. The van der Waals surface area contributed by atoms with Crippen molar-refractivity contribution in [3.8, 4) is 0 Å². The fraction of sp³-hybridized carbons (Fsp3) is 0.125. The number of rotatable bonds is 0. The van der Waals surface area contributed by atoms with Crippen LogP contribution in [0.15, 0.2) is 16.7 Å². The molecule has 0 amide bonds. The van der Waals surface area contributed by atoms with E-state index in [1.165, 1.54) is 6.20 Å². The molecule has 0 saturated carbocycles. The van der Waals surface area contributed by atoms with Gasteiger partial charge in [-0.2, -0.15) is 9.78 Å². The largest absolute Gasteiger partial charge is 0.528 e. The van der Waals surface area contributed by atoms with Crippen LogP contribution in [0.3, 0.4) is 0 Å². The summed E-state index contributed by atoms with van der Waals surface area (Å²) in [5.74, 6) is 0. The second kappa shape index (κ2) is 3.06. The fourth-order valence-corrected chi connectivity index (χ4v) is 1.58. The summed E-state index contributed by atoms with van der Waals surface area (Å²) in [6.07, 6.45) is 0.140. The predicted octanol–water partition coefficient (Wildman–Crippen LogP) is 0.694. The maximum Gasteiger partial charge on any atom is 0.165 e. The van der Waals surface area contributed by atoms with Gasteiger partial charge in [-0.1, -0.05) is 0 Å². The lowest BCUT2D eigenvalue weighted by Gasteiger charge is -2.00. The van der Waals surface area contributed by atoms with E-state index in [0.29, 0.717) is 16.7 Å². The zero-order chi connectivity index (χ0) is 10.3. The number of aryl methyl sites for hydroxylation is 1. The van der Waals surface area contributed by atoms with E-state index in [9.17, 15) is 9.90 Å². The highest BCUT2D eigenvalue weighted by Crippen LogP contribution is 2.19. The lowest BCUT2D eigenvalue weighted by Crippen LogP contribution is -2.29. The molecule has 0 fully saturated rings. The quantitative estimate of drug-likeness (QED) is 0.694. The molecule has 0 N–H and O–H groups in total. The van der Waals surface area contributed by atoms with E-state index in [1.807, 2.05) is 0 Å². The molecule has 72 valence electrons. The molecule has 2 heterocycles. The first kappa shape index (κ1) is 9.14. The van der Waals surface area contributed by atoms with Crippen molar-refractivity contribution in [1.29, 1.82) is 0 Å². The summed E-state index contributed by atoms with van der Waals surface area (Å²) in [6, 6.07) is 1.77. The van der Waals surface area contributed by atoms with Crippen LogP contribution in [0.5, 0.6) is 0 Å². The summed E-state index contributed by atoms with van der Waals surface area (Å²) >= 11 is 3.25. The van der Waals surface area contributed by atoms with Crippen LogP contribution in [0, 0.1) is 6.92 Å². The first-order chi connectivity index (χ1) is 6.59. The molecule has 6 heteroatoms. The molecule has 2 aromatic rings. The average Bonchev–Trinajstić information content (AvgIpc) is 2.44. The Bertz CT molecular complexity index is 521. The van der Waals surface area contributed by atoms with Crippen LogP contribution in [0.2, 0.25) is 0 Å². The smallest absolute Gasteiger partial charge is 0.165 e. The van der Waals surface area contributed by atoms with Gasteiger partial charge in [-0.3, -0.25) is 0 Å². The summed E-state index contributed by atoms with van der Waals surface area (Å²) in [6.45, 7) is 1.72. The van der Waals surface area contributed by atoms with E-state index in [4.69, 9.17) is 0 Å². The Hall–Kier alpha value is -1.43. The summed E-state index contributed by atoms with van der Waals surface area (Å²) in [5, 5.41) is 15.2. The van der Waals surface area contributed by atoms with E-state index in [1.54, 1.807) is 13.0 Å². The lowest BCUT2D eigenvalue weighted by molar-refractivity contribution is -0.251. The van der Waals surface area contributed by atoms with Gasteiger partial charge in [0.2, 0.25) is 0 Å². The van der Waals surface area contributed by atoms with Crippen molar-refractivity contribution in [2.45, 2.75) is 6.92 Å². The third-order valence-electron chi connectivity index (χ3n) is 1.85. The number of hydrogen-bond donors (Lipinski definition) is 0. The molecule has 5 nitrogen and oxygen atoms in total. The standard InChI is InChI=1S/C8H6BrN3O2/c1-4-6-2-5(9)3-10-7(6)12(11-4)8(13)14/h2-3H,1H3,(H,13,14)/p-1. The minimum Gasteiger partial charge on any atom is -0.528 e. The van der Waals surface area contributed by atoms with E-state index in [2.05, 4.69) is 26.0 Å². The summed E-state index contributed by atoms with van der Waals surface area (Å²) in [4.78, 5) is 14.6. The Morgan fingerprint density at radius 3 is 3.00 bits per heavy atom. The number of fused-ring (bicyclic) bond motifs is 1. The number of halogens is 1. The molecule has 0 spiro atoms. The summed E-state index contributed by atoms with van der Waals surface area (Å²) in [7, 11) is 0. The Morgan fingerprint density at radius 2 is 2.36 bits per heavy atom. The van der Waals surface area contributed by atoms with E-state index in [0.717, 1.165) is 9.15 Å². The number of hydrogen-bond acceptors (Lipinski definition) is 4. The molecule has 0 radical (unpaired) electrons. The zero-order valence-corrected chi connectivity index (χ0v) is 8.78. The van der Waals surface area contributed by atoms with Crippen LogP contribution in [-0.2, 0) is 0 Å². The molecule has 2 aromatic heterocycles. The molecular formula is C8H5BrN3O2-. The average molecular weight is 255 g/mol. The third-order valence-corrected chi connectivity index (χ3v) is 2.28. The molecule has 2 rings (SSSR count). The molecular weight excluding hydrogens is 250 g/mol. The highest BCUT2D eigenvalue weighted by molar-refractivity contribution is 9.10. The summed E-state index contributed by atoms with van der Waals surface area (Å²) in [5.41, 5.74) is 0.906. The van der Waals surface area contributed by atoms with Crippen molar-refractivity contribution in [1.82, 2.24) is 14.8 Å².